The van der Waals surface area contributed by atoms with E-state index in [0.29, 0.717) is 17.3 Å². The number of nitrogens with one attached hydrogen (secondary N) is 2. The zero-order valence-corrected chi connectivity index (χ0v) is 16.5. The number of benzene rings is 2. The minimum Gasteiger partial charge on any atom is -0.322 e. The van der Waals surface area contributed by atoms with Crippen molar-refractivity contribution in [2.45, 2.75) is 20.8 Å². The molecule has 6 nitrogen and oxygen atoms in total. The molecular formula is C23H21N5O. The third-order valence-electron chi connectivity index (χ3n) is 4.69. The third kappa shape index (κ3) is 3.91. The first-order valence-electron chi connectivity index (χ1n) is 9.35. The molecule has 0 aliphatic carbocycles. The van der Waals surface area contributed by atoms with Gasteiger partial charge in [-0.05, 0) is 50.1 Å². The van der Waals surface area contributed by atoms with Crippen LogP contribution in [-0.2, 0) is 0 Å². The molecule has 0 saturated heterocycles. The third-order valence-corrected chi connectivity index (χ3v) is 4.69. The Morgan fingerprint density at radius 3 is 2.41 bits per heavy atom. The molecule has 0 aliphatic heterocycles. The Morgan fingerprint density at radius 1 is 0.897 bits per heavy atom. The number of anilines is 3. The number of hydrogen-bond acceptors (Lipinski definition) is 5. The van der Waals surface area contributed by atoms with Gasteiger partial charge >= 0.3 is 0 Å². The molecular weight excluding hydrogens is 362 g/mol. The minimum atomic E-state index is -0.271. The molecule has 0 radical (unpaired) electrons. The van der Waals surface area contributed by atoms with Gasteiger partial charge in [0.1, 0.15) is 5.69 Å². The highest BCUT2D eigenvalue weighted by atomic mass is 16.1. The molecule has 4 rings (SSSR count). The van der Waals surface area contributed by atoms with Crippen LogP contribution in [0.4, 0.5) is 17.3 Å². The summed E-state index contributed by atoms with van der Waals surface area (Å²) in [6.45, 7) is 5.77. The van der Waals surface area contributed by atoms with Crippen LogP contribution in [0.25, 0.3) is 10.9 Å². The van der Waals surface area contributed by atoms with Crippen LogP contribution in [0.2, 0.25) is 0 Å². The lowest BCUT2D eigenvalue weighted by molar-refractivity contribution is 0.102. The van der Waals surface area contributed by atoms with Gasteiger partial charge in [0.05, 0.1) is 11.2 Å². The van der Waals surface area contributed by atoms with Gasteiger partial charge in [0.25, 0.3) is 5.91 Å². The zero-order chi connectivity index (χ0) is 20.4. The molecule has 0 bridgehead atoms. The van der Waals surface area contributed by atoms with Crippen molar-refractivity contribution in [2.75, 3.05) is 10.6 Å². The van der Waals surface area contributed by atoms with Crippen LogP contribution in [0.1, 0.15) is 27.3 Å². The average molecular weight is 383 g/mol. The summed E-state index contributed by atoms with van der Waals surface area (Å²) in [5, 5.41) is 7.19. The Labute approximate surface area is 169 Å². The van der Waals surface area contributed by atoms with Crippen molar-refractivity contribution in [3.8, 4) is 0 Å². The summed E-state index contributed by atoms with van der Waals surface area (Å²) in [4.78, 5) is 26.1. The number of carbonyl (C=O) groups is 1. The van der Waals surface area contributed by atoms with Crippen LogP contribution in [0, 0.1) is 20.8 Å². The van der Waals surface area contributed by atoms with Gasteiger partial charge in [0, 0.05) is 23.0 Å². The van der Waals surface area contributed by atoms with Crippen LogP contribution < -0.4 is 10.6 Å². The summed E-state index contributed by atoms with van der Waals surface area (Å²) in [6, 6.07) is 17.3. The molecule has 1 amide bonds. The van der Waals surface area contributed by atoms with Crippen molar-refractivity contribution in [2.24, 2.45) is 0 Å². The molecule has 2 aromatic carbocycles. The average Bonchev–Trinajstić information content (AvgIpc) is 2.70. The van der Waals surface area contributed by atoms with E-state index in [1.165, 1.54) is 0 Å². The van der Waals surface area contributed by atoms with E-state index in [4.69, 9.17) is 0 Å². The summed E-state index contributed by atoms with van der Waals surface area (Å²) in [6.07, 6.45) is 1.74. The number of aromatic nitrogens is 3. The second-order valence-corrected chi connectivity index (χ2v) is 6.94. The van der Waals surface area contributed by atoms with Gasteiger partial charge in [-0.25, -0.2) is 9.97 Å². The molecule has 144 valence electrons. The van der Waals surface area contributed by atoms with Gasteiger partial charge < -0.3 is 10.6 Å². The highest BCUT2D eigenvalue weighted by molar-refractivity contribution is 6.04. The van der Waals surface area contributed by atoms with E-state index in [0.717, 1.165) is 33.4 Å². The van der Waals surface area contributed by atoms with Crippen LogP contribution in [0.3, 0.4) is 0 Å². The highest BCUT2D eigenvalue weighted by Gasteiger charge is 2.14. The molecule has 2 aromatic heterocycles. The van der Waals surface area contributed by atoms with E-state index in [2.05, 4.69) is 25.6 Å². The smallest absolute Gasteiger partial charge is 0.274 e. The first kappa shape index (κ1) is 18.6. The number of rotatable bonds is 4. The quantitative estimate of drug-likeness (QED) is 0.521. The monoisotopic (exact) mass is 383 g/mol. The zero-order valence-electron chi connectivity index (χ0n) is 16.5. The van der Waals surface area contributed by atoms with Crippen LogP contribution >= 0.6 is 0 Å². The largest absolute Gasteiger partial charge is 0.322 e. The minimum absolute atomic E-state index is 0.271. The van der Waals surface area contributed by atoms with E-state index in [1.54, 1.807) is 12.3 Å². The summed E-state index contributed by atoms with van der Waals surface area (Å²) in [5.74, 6) is 0.0850. The van der Waals surface area contributed by atoms with Gasteiger partial charge in [-0.2, -0.15) is 0 Å². The van der Waals surface area contributed by atoms with Crippen molar-refractivity contribution >= 4 is 34.1 Å². The number of fused-ring (bicyclic) bond motifs is 1. The van der Waals surface area contributed by atoms with Gasteiger partial charge in [-0.1, -0.05) is 36.4 Å². The van der Waals surface area contributed by atoms with Gasteiger partial charge in [-0.3, -0.25) is 9.78 Å². The second kappa shape index (κ2) is 7.67. The van der Waals surface area contributed by atoms with Gasteiger partial charge in [0.2, 0.25) is 5.95 Å². The maximum atomic E-state index is 12.8. The molecule has 2 N–H and O–H groups in total. The first-order valence-corrected chi connectivity index (χ1v) is 9.35. The molecule has 0 aliphatic rings. The summed E-state index contributed by atoms with van der Waals surface area (Å²) in [7, 11) is 0. The van der Waals surface area contributed by atoms with Gasteiger partial charge in [0.15, 0.2) is 0 Å². The van der Waals surface area contributed by atoms with Crippen LogP contribution in [0.5, 0.6) is 0 Å². The fraction of sp³-hybridized carbons (Fsp3) is 0.130. The van der Waals surface area contributed by atoms with Crippen LogP contribution in [0.15, 0.2) is 60.8 Å². The topological polar surface area (TPSA) is 79.8 Å². The second-order valence-electron chi connectivity index (χ2n) is 6.94. The van der Waals surface area contributed by atoms with Crippen molar-refractivity contribution in [1.82, 2.24) is 15.0 Å². The summed E-state index contributed by atoms with van der Waals surface area (Å²) >= 11 is 0. The lowest BCUT2D eigenvalue weighted by Crippen LogP contribution is -2.17. The van der Waals surface area contributed by atoms with E-state index < -0.39 is 0 Å². The van der Waals surface area contributed by atoms with Crippen LogP contribution in [-0.4, -0.2) is 20.9 Å². The molecule has 0 unspecified atom stereocenters. The summed E-state index contributed by atoms with van der Waals surface area (Å²) in [5.41, 5.74) is 5.42. The molecule has 2 heterocycles. The number of hydrogen-bond donors (Lipinski definition) is 2. The maximum Gasteiger partial charge on any atom is 0.274 e. The molecule has 4 aromatic rings. The number of amides is 1. The Balaban J connectivity index is 1.65. The number of para-hydroxylation sites is 2. The Hall–Kier alpha value is -3.80. The Kier molecular flexibility index (Phi) is 4.91. The molecule has 0 fully saturated rings. The molecule has 6 heteroatoms. The molecule has 29 heavy (non-hydrogen) atoms. The van der Waals surface area contributed by atoms with E-state index in [9.17, 15) is 4.79 Å². The first-order chi connectivity index (χ1) is 14.0. The molecule has 0 atom stereocenters. The number of aryl methyl sites for hydroxylation is 3. The SMILES string of the molecule is Cc1cc(C(=O)Nc2c(C)cccc2C)nc(Nc2cccc3cccnc23)n1. The van der Waals surface area contributed by atoms with E-state index >= 15 is 0 Å². The van der Waals surface area contributed by atoms with E-state index in [-0.39, 0.29) is 5.91 Å². The highest BCUT2D eigenvalue weighted by Crippen LogP contribution is 2.24. The molecule has 0 spiro atoms. The predicted molar refractivity (Wildman–Crippen MR) is 116 cm³/mol. The lowest BCUT2D eigenvalue weighted by atomic mass is 10.1. The van der Waals surface area contributed by atoms with Crippen molar-refractivity contribution in [3.63, 3.8) is 0 Å². The standard InChI is InChI=1S/C23H21N5O/c1-14-7-4-8-15(2)20(14)28-22(29)19-13-16(3)25-23(27-19)26-18-11-5-9-17-10-6-12-24-21(17)18/h4-13H,1-3H3,(H,28,29)(H,25,26,27). The number of carbonyl (C=O) groups excluding carboxylic acids is 1. The number of nitrogens with zero attached hydrogens (tertiary/aromatic N) is 3. The fourth-order valence-corrected chi connectivity index (χ4v) is 3.26. The van der Waals surface area contributed by atoms with E-state index in [1.807, 2.05) is 69.3 Å². The van der Waals surface area contributed by atoms with Crippen molar-refractivity contribution in [3.05, 3.63) is 83.3 Å². The van der Waals surface area contributed by atoms with Gasteiger partial charge in [-0.15, -0.1) is 0 Å². The predicted octanol–water partition coefficient (Wildman–Crippen LogP) is 4.95. The fourth-order valence-electron chi connectivity index (χ4n) is 3.26. The Morgan fingerprint density at radius 2 is 1.62 bits per heavy atom. The van der Waals surface area contributed by atoms with Crippen molar-refractivity contribution < 1.29 is 4.79 Å². The molecule has 0 saturated carbocycles. The maximum absolute atomic E-state index is 12.8. The Bertz CT molecular complexity index is 1190. The number of pyridine rings is 1. The normalized spacial score (nSPS) is 10.7. The lowest BCUT2D eigenvalue weighted by Gasteiger charge is -2.12. The summed E-state index contributed by atoms with van der Waals surface area (Å²) < 4.78 is 0. The van der Waals surface area contributed by atoms with Crippen molar-refractivity contribution in [1.29, 1.82) is 0 Å².